The van der Waals surface area contributed by atoms with E-state index in [2.05, 4.69) is 30.9 Å². The molecule has 1 amide bonds. The van der Waals surface area contributed by atoms with E-state index in [1.54, 1.807) is 26.1 Å². The Bertz CT molecular complexity index is 1060. The standard InChI is InChI=1S/C20H23F2N7O/c1-11(2)10-23-20(25-19(30)17-5-12(3)28-29(17)4)24-18-9-16(26-27-18)13-6-14(21)8-15(22)7-13/h5-9,11H,10H2,1-4H3,(H3,23,24,25,26,27,30). The second-order valence-corrected chi connectivity index (χ2v) is 7.28. The number of aryl methyl sites for hydroxylation is 2. The van der Waals surface area contributed by atoms with E-state index < -0.39 is 11.6 Å². The summed E-state index contributed by atoms with van der Waals surface area (Å²) in [5, 5.41) is 16.6. The van der Waals surface area contributed by atoms with Gasteiger partial charge in [-0.2, -0.15) is 10.2 Å². The zero-order valence-corrected chi connectivity index (χ0v) is 17.1. The third-order valence-corrected chi connectivity index (χ3v) is 4.08. The van der Waals surface area contributed by atoms with Crippen molar-refractivity contribution in [1.82, 2.24) is 25.3 Å². The number of carbonyl (C=O) groups is 1. The van der Waals surface area contributed by atoms with Gasteiger partial charge in [-0.1, -0.05) is 13.8 Å². The molecule has 0 fully saturated rings. The average molecular weight is 415 g/mol. The highest BCUT2D eigenvalue weighted by Gasteiger charge is 2.15. The molecule has 3 N–H and O–H groups in total. The number of hydrogen-bond donors (Lipinski definition) is 3. The molecule has 2 heterocycles. The molecule has 0 aliphatic heterocycles. The first kappa shape index (κ1) is 21.2. The van der Waals surface area contributed by atoms with Crippen molar-refractivity contribution in [1.29, 1.82) is 0 Å². The number of benzene rings is 1. The third-order valence-electron chi connectivity index (χ3n) is 4.08. The van der Waals surface area contributed by atoms with Crippen LogP contribution in [0.4, 0.5) is 14.6 Å². The predicted octanol–water partition coefficient (Wildman–Crippen LogP) is 3.25. The number of H-pyrrole nitrogens is 1. The molecule has 3 aromatic rings. The smallest absolute Gasteiger partial charge is 0.276 e. The number of guanidine groups is 1. The number of nitrogens with one attached hydrogen (secondary N) is 3. The summed E-state index contributed by atoms with van der Waals surface area (Å²) in [5.74, 6) is -0.951. The number of aliphatic imine (C=N–C) groups is 1. The molecule has 0 atom stereocenters. The molecule has 0 saturated carbocycles. The van der Waals surface area contributed by atoms with Crippen molar-refractivity contribution in [2.45, 2.75) is 20.8 Å². The molecular formula is C20H23F2N7O. The Balaban J connectivity index is 1.80. The van der Waals surface area contributed by atoms with E-state index in [9.17, 15) is 13.6 Å². The maximum Gasteiger partial charge on any atom is 0.276 e. The fraction of sp³-hybridized carbons (Fsp3) is 0.300. The SMILES string of the molecule is Cc1cc(C(=O)NC(=NCC(C)C)Nc2cc(-c3cc(F)cc(F)c3)[nH]n2)n(C)n1. The van der Waals surface area contributed by atoms with Gasteiger partial charge >= 0.3 is 0 Å². The largest absolute Gasteiger partial charge is 0.309 e. The lowest BCUT2D eigenvalue weighted by Gasteiger charge is -2.10. The maximum absolute atomic E-state index is 13.5. The van der Waals surface area contributed by atoms with Gasteiger partial charge in [-0.15, -0.1) is 0 Å². The van der Waals surface area contributed by atoms with Gasteiger partial charge in [0.2, 0.25) is 5.96 Å². The van der Waals surface area contributed by atoms with Crippen molar-refractivity contribution in [2.75, 3.05) is 11.9 Å². The lowest BCUT2D eigenvalue weighted by molar-refractivity contribution is 0.0967. The molecule has 0 aliphatic carbocycles. The molecule has 8 nitrogen and oxygen atoms in total. The second kappa shape index (κ2) is 8.85. The van der Waals surface area contributed by atoms with E-state index in [4.69, 9.17) is 0 Å². The van der Waals surface area contributed by atoms with Crippen LogP contribution in [0.1, 0.15) is 30.0 Å². The highest BCUT2D eigenvalue weighted by atomic mass is 19.1. The topological polar surface area (TPSA) is 100.0 Å². The molecule has 0 saturated heterocycles. The Kier molecular flexibility index (Phi) is 6.24. The predicted molar refractivity (Wildman–Crippen MR) is 110 cm³/mol. The molecule has 3 rings (SSSR count). The Morgan fingerprint density at radius 3 is 2.50 bits per heavy atom. The molecule has 0 bridgehead atoms. The summed E-state index contributed by atoms with van der Waals surface area (Å²) in [5.41, 5.74) is 1.82. The third kappa shape index (κ3) is 5.28. The molecule has 0 unspecified atom stereocenters. The fourth-order valence-electron chi connectivity index (χ4n) is 2.74. The van der Waals surface area contributed by atoms with Crippen LogP contribution in [-0.4, -0.2) is 38.4 Å². The summed E-state index contributed by atoms with van der Waals surface area (Å²) in [6.07, 6.45) is 0. The molecule has 10 heteroatoms. The van der Waals surface area contributed by atoms with Crippen molar-refractivity contribution in [3.63, 3.8) is 0 Å². The minimum absolute atomic E-state index is 0.205. The van der Waals surface area contributed by atoms with Crippen LogP contribution in [0.5, 0.6) is 0 Å². The molecule has 30 heavy (non-hydrogen) atoms. The minimum atomic E-state index is -0.688. The maximum atomic E-state index is 13.5. The number of rotatable bonds is 5. The molecule has 1 aromatic carbocycles. The van der Waals surface area contributed by atoms with Crippen molar-refractivity contribution in [3.05, 3.63) is 53.4 Å². The minimum Gasteiger partial charge on any atom is -0.309 e. The molecule has 158 valence electrons. The number of aromatic amines is 1. The lowest BCUT2D eigenvalue weighted by atomic mass is 10.1. The van der Waals surface area contributed by atoms with Gasteiger partial charge in [0, 0.05) is 31.3 Å². The van der Waals surface area contributed by atoms with Gasteiger partial charge in [-0.05, 0) is 31.0 Å². The fourth-order valence-corrected chi connectivity index (χ4v) is 2.74. The zero-order chi connectivity index (χ0) is 21.8. The van der Waals surface area contributed by atoms with Gasteiger partial charge in [0.25, 0.3) is 5.91 Å². The van der Waals surface area contributed by atoms with Crippen LogP contribution in [-0.2, 0) is 7.05 Å². The van der Waals surface area contributed by atoms with Crippen molar-refractivity contribution in [3.8, 4) is 11.3 Å². The average Bonchev–Trinajstić information content (AvgIpc) is 3.24. The Morgan fingerprint density at radius 2 is 1.90 bits per heavy atom. The highest BCUT2D eigenvalue weighted by Crippen LogP contribution is 2.22. The molecule has 0 aliphatic rings. The number of carbonyl (C=O) groups excluding carboxylic acids is 1. The van der Waals surface area contributed by atoms with Crippen LogP contribution >= 0.6 is 0 Å². The van der Waals surface area contributed by atoms with E-state index in [-0.39, 0.29) is 17.8 Å². The number of hydrogen-bond acceptors (Lipinski definition) is 4. The van der Waals surface area contributed by atoms with E-state index in [1.807, 2.05) is 13.8 Å². The van der Waals surface area contributed by atoms with Crippen LogP contribution < -0.4 is 10.6 Å². The summed E-state index contributed by atoms with van der Waals surface area (Å²) in [6, 6.07) is 6.42. The van der Waals surface area contributed by atoms with Gasteiger partial charge in [0.05, 0.1) is 11.4 Å². The van der Waals surface area contributed by atoms with E-state index in [0.717, 1.165) is 11.8 Å². The molecular weight excluding hydrogens is 392 g/mol. The van der Waals surface area contributed by atoms with Gasteiger partial charge in [-0.25, -0.2) is 8.78 Å². The van der Waals surface area contributed by atoms with Gasteiger partial charge in [0.15, 0.2) is 5.82 Å². The van der Waals surface area contributed by atoms with Gasteiger partial charge in [-0.3, -0.25) is 24.9 Å². The first-order valence-corrected chi connectivity index (χ1v) is 9.36. The van der Waals surface area contributed by atoms with Crippen LogP contribution in [0.25, 0.3) is 11.3 Å². The summed E-state index contributed by atoms with van der Waals surface area (Å²) >= 11 is 0. The monoisotopic (exact) mass is 415 g/mol. The van der Waals surface area contributed by atoms with Crippen LogP contribution in [0.15, 0.2) is 35.3 Å². The normalized spacial score (nSPS) is 11.8. The van der Waals surface area contributed by atoms with Crippen molar-refractivity contribution in [2.24, 2.45) is 18.0 Å². The van der Waals surface area contributed by atoms with Gasteiger partial charge < -0.3 is 5.32 Å². The van der Waals surface area contributed by atoms with Crippen LogP contribution in [0.3, 0.4) is 0 Å². The zero-order valence-electron chi connectivity index (χ0n) is 17.1. The summed E-state index contributed by atoms with van der Waals surface area (Å²) in [7, 11) is 1.68. The van der Waals surface area contributed by atoms with Crippen LogP contribution in [0, 0.1) is 24.5 Å². The number of halogens is 2. The van der Waals surface area contributed by atoms with Crippen molar-refractivity contribution >= 4 is 17.7 Å². The highest BCUT2D eigenvalue weighted by molar-refractivity contribution is 6.09. The molecule has 2 aromatic heterocycles. The first-order valence-electron chi connectivity index (χ1n) is 9.36. The van der Waals surface area contributed by atoms with Crippen LogP contribution in [0.2, 0.25) is 0 Å². The number of amides is 1. The number of nitrogens with zero attached hydrogens (tertiary/aromatic N) is 4. The summed E-state index contributed by atoms with van der Waals surface area (Å²) in [6.45, 7) is 6.26. The number of anilines is 1. The van der Waals surface area contributed by atoms with E-state index >= 15 is 0 Å². The number of aromatic nitrogens is 4. The molecule has 0 spiro atoms. The quantitative estimate of drug-likeness (QED) is 0.440. The Labute approximate surface area is 172 Å². The first-order chi connectivity index (χ1) is 14.2. The summed E-state index contributed by atoms with van der Waals surface area (Å²) < 4.78 is 28.4. The lowest BCUT2D eigenvalue weighted by Crippen LogP contribution is -2.37. The summed E-state index contributed by atoms with van der Waals surface area (Å²) in [4.78, 5) is 17.0. The van der Waals surface area contributed by atoms with Crippen molar-refractivity contribution < 1.29 is 13.6 Å². The Hall–Kier alpha value is -3.56. The molecule has 0 radical (unpaired) electrons. The Morgan fingerprint density at radius 1 is 1.20 bits per heavy atom. The van der Waals surface area contributed by atoms with E-state index in [1.165, 1.54) is 16.8 Å². The van der Waals surface area contributed by atoms with E-state index in [0.29, 0.717) is 29.3 Å². The van der Waals surface area contributed by atoms with Gasteiger partial charge in [0.1, 0.15) is 17.3 Å². The second-order valence-electron chi connectivity index (χ2n) is 7.28.